The number of hydrogen-bond acceptors (Lipinski definition) is 2. The van der Waals surface area contributed by atoms with Gasteiger partial charge in [0.1, 0.15) is 0 Å². The lowest BCUT2D eigenvalue weighted by molar-refractivity contribution is 0.0897. The predicted octanol–water partition coefficient (Wildman–Crippen LogP) is 2.07. The Hall–Kier alpha value is -0.770. The van der Waals surface area contributed by atoms with Crippen molar-refractivity contribution in [2.75, 3.05) is 13.6 Å². The van der Waals surface area contributed by atoms with Gasteiger partial charge < -0.3 is 14.9 Å². The number of hydrogen-bond donors (Lipinski definition) is 1. The minimum atomic E-state index is -0.150. The highest BCUT2D eigenvalue weighted by molar-refractivity contribution is 5.77. The van der Waals surface area contributed by atoms with Crippen LogP contribution in [0.5, 0.6) is 0 Å². The number of likely N-dealkylation sites (N-methyl/N-ethyl adjacent to an activating group) is 1. The Morgan fingerprint density at radius 3 is 2.44 bits per heavy atom. The van der Waals surface area contributed by atoms with Gasteiger partial charge in [-0.15, -0.1) is 0 Å². The van der Waals surface area contributed by atoms with E-state index in [1.807, 2.05) is 16.8 Å². The molecule has 0 radical (unpaired) electrons. The Morgan fingerprint density at radius 2 is 1.89 bits per heavy atom. The minimum absolute atomic E-state index is 0.150. The predicted molar refractivity (Wildman–Crippen MR) is 71.4 cm³/mol. The maximum absolute atomic E-state index is 12.3. The molecule has 1 saturated heterocycles. The molecule has 1 unspecified atom stereocenters. The fourth-order valence-electron chi connectivity index (χ4n) is 3.24. The number of carbonyl (C=O) groups excluding carboxylic acids is 1. The SMILES string of the molecule is CC(C)CC1CN(C2CCC(O)CC2)C(=O)N1C. The van der Waals surface area contributed by atoms with Crippen LogP contribution in [0.15, 0.2) is 0 Å². The molecule has 2 amide bonds. The van der Waals surface area contributed by atoms with Crippen LogP contribution in [0.1, 0.15) is 46.0 Å². The lowest BCUT2D eigenvalue weighted by Crippen LogP contribution is -2.41. The quantitative estimate of drug-likeness (QED) is 0.838. The summed E-state index contributed by atoms with van der Waals surface area (Å²) in [6.45, 7) is 5.28. The summed E-state index contributed by atoms with van der Waals surface area (Å²) >= 11 is 0. The number of urea groups is 1. The molecule has 2 rings (SSSR count). The van der Waals surface area contributed by atoms with Gasteiger partial charge >= 0.3 is 6.03 Å². The zero-order valence-corrected chi connectivity index (χ0v) is 11.8. The Balaban J connectivity index is 1.96. The second kappa shape index (κ2) is 5.47. The van der Waals surface area contributed by atoms with Crippen LogP contribution in [0, 0.1) is 5.92 Å². The van der Waals surface area contributed by atoms with Gasteiger partial charge in [-0.2, -0.15) is 0 Å². The molecule has 2 aliphatic rings. The molecule has 1 N–H and O–H groups in total. The number of carbonyl (C=O) groups is 1. The maximum atomic E-state index is 12.3. The monoisotopic (exact) mass is 254 g/mol. The molecule has 0 aromatic heterocycles. The highest BCUT2D eigenvalue weighted by Crippen LogP contribution is 2.29. The Kier molecular flexibility index (Phi) is 4.15. The summed E-state index contributed by atoms with van der Waals surface area (Å²) in [6, 6.07) is 0.895. The van der Waals surface area contributed by atoms with Crippen LogP contribution >= 0.6 is 0 Å². The summed E-state index contributed by atoms with van der Waals surface area (Å²) in [5, 5.41) is 9.54. The molecular weight excluding hydrogens is 228 g/mol. The van der Waals surface area contributed by atoms with E-state index in [2.05, 4.69) is 13.8 Å². The van der Waals surface area contributed by atoms with E-state index < -0.39 is 0 Å². The summed E-state index contributed by atoms with van der Waals surface area (Å²) in [5.74, 6) is 0.623. The van der Waals surface area contributed by atoms with Gasteiger partial charge in [-0.1, -0.05) is 13.8 Å². The molecule has 1 heterocycles. The smallest absolute Gasteiger partial charge is 0.320 e. The Bertz CT molecular complexity index is 298. The third-order valence-corrected chi connectivity index (χ3v) is 4.35. The Morgan fingerprint density at radius 1 is 1.28 bits per heavy atom. The van der Waals surface area contributed by atoms with Crippen LogP contribution in [-0.2, 0) is 0 Å². The lowest BCUT2D eigenvalue weighted by Gasteiger charge is -2.32. The van der Waals surface area contributed by atoms with Crippen molar-refractivity contribution < 1.29 is 9.90 Å². The second-order valence-corrected chi connectivity index (χ2v) is 6.29. The molecule has 1 aliphatic carbocycles. The largest absolute Gasteiger partial charge is 0.393 e. The number of aliphatic hydroxyl groups excluding tert-OH is 1. The van der Waals surface area contributed by atoms with E-state index in [-0.39, 0.29) is 12.1 Å². The van der Waals surface area contributed by atoms with Crippen molar-refractivity contribution in [1.29, 1.82) is 0 Å². The van der Waals surface area contributed by atoms with Crippen LogP contribution in [0.3, 0.4) is 0 Å². The van der Waals surface area contributed by atoms with E-state index in [1.54, 1.807) is 0 Å². The molecule has 18 heavy (non-hydrogen) atoms. The van der Waals surface area contributed by atoms with Gasteiger partial charge in [-0.3, -0.25) is 0 Å². The molecule has 4 heteroatoms. The molecule has 1 aliphatic heterocycles. The summed E-state index contributed by atoms with van der Waals surface area (Å²) in [5.41, 5.74) is 0. The third kappa shape index (κ3) is 2.79. The van der Waals surface area contributed by atoms with Crippen LogP contribution in [-0.4, -0.2) is 52.7 Å². The number of amides is 2. The van der Waals surface area contributed by atoms with Gasteiger partial charge in [0.05, 0.1) is 12.1 Å². The molecule has 2 fully saturated rings. The maximum Gasteiger partial charge on any atom is 0.320 e. The van der Waals surface area contributed by atoms with Crippen LogP contribution < -0.4 is 0 Å². The van der Waals surface area contributed by atoms with Crippen LogP contribution in [0.2, 0.25) is 0 Å². The first-order chi connectivity index (χ1) is 8.49. The van der Waals surface area contributed by atoms with Gasteiger partial charge in [0.15, 0.2) is 0 Å². The molecule has 104 valence electrons. The van der Waals surface area contributed by atoms with E-state index >= 15 is 0 Å². The fourth-order valence-corrected chi connectivity index (χ4v) is 3.24. The molecular formula is C14H26N2O2. The van der Waals surface area contributed by atoms with Gasteiger partial charge in [-0.25, -0.2) is 4.79 Å². The van der Waals surface area contributed by atoms with Crippen molar-refractivity contribution in [2.45, 2.75) is 64.1 Å². The van der Waals surface area contributed by atoms with Gasteiger partial charge in [0.2, 0.25) is 0 Å². The second-order valence-electron chi connectivity index (χ2n) is 6.29. The molecule has 0 bridgehead atoms. The highest BCUT2D eigenvalue weighted by atomic mass is 16.3. The van der Waals surface area contributed by atoms with E-state index in [9.17, 15) is 9.90 Å². The average Bonchev–Trinajstić information content (AvgIpc) is 2.58. The van der Waals surface area contributed by atoms with Crippen LogP contribution in [0.4, 0.5) is 4.79 Å². The summed E-state index contributed by atoms with van der Waals surface area (Å²) < 4.78 is 0. The molecule has 0 aromatic rings. The average molecular weight is 254 g/mol. The Labute approximate surface area is 110 Å². The summed E-state index contributed by atoms with van der Waals surface area (Å²) in [4.78, 5) is 16.2. The first-order valence-electron chi connectivity index (χ1n) is 7.20. The molecule has 1 saturated carbocycles. The first-order valence-corrected chi connectivity index (χ1v) is 7.20. The van der Waals surface area contributed by atoms with Gasteiger partial charge in [0, 0.05) is 19.6 Å². The highest BCUT2D eigenvalue weighted by Gasteiger charge is 2.39. The molecule has 4 nitrogen and oxygen atoms in total. The van der Waals surface area contributed by atoms with E-state index in [0.717, 1.165) is 38.6 Å². The number of nitrogens with zero attached hydrogens (tertiary/aromatic N) is 2. The molecule has 1 atom stereocenters. The van der Waals surface area contributed by atoms with Crippen molar-refractivity contribution in [3.63, 3.8) is 0 Å². The minimum Gasteiger partial charge on any atom is -0.393 e. The zero-order valence-electron chi connectivity index (χ0n) is 11.8. The third-order valence-electron chi connectivity index (χ3n) is 4.35. The zero-order chi connectivity index (χ0) is 13.3. The molecule has 0 aromatic carbocycles. The van der Waals surface area contributed by atoms with Crippen molar-refractivity contribution in [2.24, 2.45) is 5.92 Å². The van der Waals surface area contributed by atoms with Crippen molar-refractivity contribution >= 4 is 6.03 Å². The molecule has 0 spiro atoms. The van der Waals surface area contributed by atoms with Gasteiger partial charge in [0.25, 0.3) is 0 Å². The van der Waals surface area contributed by atoms with Crippen molar-refractivity contribution in [1.82, 2.24) is 9.80 Å². The number of aliphatic hydroxyl groups is 1. The van der Waals surface area contributed by atoms with Crippen molar-refractivity contribution in [3.8, 4) is 0 Å². The standard InChI is InChI=1S/C14H26N2O2/c1-10(2)8-12-9-16(14(18)15(12)3)11-4-6-13(17)7-5-11/h10-13,17H,4-9H2,1-3H3. The van der Waals surface area contributed by atoms with E-state index in [1.165, 1.54) is 0 Å². The number of rotatable bonds is 3. The van der Waals surface area contributed by atoms with E-state index in [0.29, 0.717) is 18.0 Å². The summed E-state index contributed by atoms with van der Waals surface area (Å²) in [6.07, 6.45) is 4.52. The van der Waals surface area contributed by atoms with Crippen molar-refractivity contribution in [3.05, 3.63) is 0 Å². The van der Waals surface area contributed by atoms with Crippen LogP contribution in [0.25, 0.3) is 0 Å². The normalized spacial score (nSPS) is 33.6. The fraction of sp³-hybridized carbons (Fsp3) is 0.929. The topological polar surface area (TPSA) is 43.8 Å². The summed E-state index contributed by atoms with van der Waals surface area (Å²) in [7, 11) is 1.92. The van der Waals surface area contributed by atoms with Gasteiger partial charge in [-0.05, 0) is 38.0 Å². The van der Waals surface area contributed by atoms with E-state index in [4.69, 9.17) is 0 Å². The lowest BCUT2D eigenvalue weighted by atomic mass is 9.92. The first kappa shape index (κ1) is 13.7.